The minimum atomic E-state index is -3.57. The van der Waals surface area contributed by atoms with Gasteiger partial charge >= 0.3 is 0 Å². The van der Waals surface area contributed by atoms with E-state index >= 15 is 0 Å². The van der Waals surface area contributed by atoms with Gasteiger partial charge in [-0.05, 0) is 36.2 Å². The van der Waals surface area contributed by atoms with Crippen molar-refractivity contribution < 1.29 is 17.9 Å². The second-order valence-electron chi connectivity index (χ2n) is 9.73. The van der Waals surface area contributed by atoms with Crippen molar-refractivity contribution in [2.45, 2.75) is 51.9 Å². The van der Waals surface area contributed by atoms with Gasteiger partial charge in [-0.25, -0.2) is 12.7 Å². The molecule has 1 aromatic rings. The summed E-state index contributed by atoms with van der Waals surface area (Å²) in [6, 6.07) is 9.76. The van der Waals surface area contributed by atoms with Gasteiger partial charge in [0.2, 0.25) is 15.9 Å². The highest BCUT2D eigenvalue weighted by Gasteiger charge is 2.72. The number of carbonyl (C=O) groups excluding carboxylic acids is 1. The van der Waals surface area contributed by atoms with Crippen LogP contribution >= 0.6 is 11.8 Å². The van der Waals surface area contributed by atoms with Crippen molar-refractivity contribution in [1.82, 2.24) is 4.31 Å². The number of benzene rings is 1. The molecule has 5 nitrogen and oxygen atoms in total. The molecule has 0 unspecified atom stereocenters. The summed E-state index contributed by atoms with van der Waals surface area (Å²) in [6.07, 6.45) is 2.61. The fraction of sp³-hybridized carbons (Fsp3) is 0.682. The van der Waals surface area contributed by atoms with Crippen LogP contribution < -0.4 is 0 Å². The van der Waals surface area contributed by atoms with Crippen LogP contribution in [0.15, 0.2) is 30.3 Å². The van der Waals surface area contributed by atoms with E-state index in [0.29, 0.717) is 18.3 Å². The van der Waals surface area contributed by atoms with Gasteiger partial charge in [0.1, 0.15) is 0 Å². The number of sulfonamides is 1. The van der Waals surface area contributed by atoms with Gasteiger partial charge in [-0.1, -0.05) is 44.2 Å². The van der Waals surface area contributed by atoms with E-state index in [4.69, 9.17) is 4.74 Å². The average Bonchev–Trinajstić information content (AvgIpc) is 3.36. The van der Waals surface area contributed by atoms with E-state index in [1.165, 1.54) is 4.31 Å². The molecule has 1 spiro atoms. The monoisotopic (exact) mass is 435 g/mol. The lowest BCUT2D eigenvalue weighted by Gasteiger charge is -2.37. The summed E-state index contributed by atoms with van der Waals surface area (Å²) in [5.74, 6) is 1.42. The molecule has 4 aliphatic rings. The van der Waals surface area contributed by atoms with Crippen LogP contribution in [0.3, 0.4) is 0 Å². The first kappa shape index (κ1) is 19.9. The molecule has 0 aromatic heterocycles. The lowest BCUT2D eigenvalue weighted by atomic mass is 9.69. The fourth-order valence-corrected chi connectivity index (χ4v) is 10.3. The number of nitrogens with zero attached hydrogens (tertiary/aromatic N) is 1. The summed E-state index contributed by atoms with van der Waals surface area (Å²) in [5.41, 5.74) is 0.782. The molecule has 4 fully saturated rings. The van der Waals surface area contributed by atoms with Gasteiger partial charge in [-0.3, -0.25) is 4.79 Å². The van der Waals surface area contributed by atoms with Gasteiger partial charge in [0, 0.05) is 16.9 Å². The topological polar surface area (TPSA) is 63.7 Å². The maximum atomic E-state index is 13.6. The number of amides is 1. The predicted octanol–water partition coefficient (Wildman–Crippen LogP) is 3.30. The third-order valence-corrected chi connectivity index (χ3v) is 11.4. The zero-order valence-electron chi connectivity index (χ0n) is 17.0. The molecule has 158 valence electrons. The number of thioether (sulfide) groups is 1. The minimum absolute atomic E-state index is 0.0204. The van der Waals surface area contributed by atoms with Crippen LogP contribution in [0.4, 0.5) is 0 Å². The summed E-state index contributed by atoms with van der Waals surface area (Å²) in [4.78, 5) is 13.6. The minimum Gasteiger partial charge on any atom is -0.372 e. The first-order valence-corrected chi connectivity index (χ1v) is 13.3. The van der Waals surface area contributed by atoms with Crippen LogP contribution in [0.5, 0.6) is 0 Å². The molecule has 2 aliphatic heterocycles. The summed E-state index contributed by atoms with van der Waals surface area (Å²) in [6.45, 7) is 4.88. The van der Waals surface area contributed by atoms with Gasteiger partial charge in [0.05, 0.1) is 30.4 Å². The Balaban J connectivity index is 1.37. The number of ether oxygens (including phenoxy) is 1. The van der Waals surface area contributed by atoms with Crippen molar-refractivity contribution >= 4 is 27.7 Å². The van der Waals surface area contributed by atoms with E-state index in [0.717, 1.165) is 30.6 Å². The normalized spacial score (nSPS) is 39.0. The van der Waals surface area contributed by atoms with Gasteiger partial charge in [-0.2, -0.15) is 11.8 Å². The highest BCUT2D eigenvalue weighted by molar-refractivity contribution is 7.99. The third kappa shape index (κ3) is 2.83. The lowest BCUT2D eigenvalue weighted by molar-refractivity contribution is -0.136. The number of fused-ring (bicyclic) bond motifs is 1. The van der Waals surface area contributed by atoms with E-state index in [9.17, 15) is 13.2 Å². The Morgan fingerprint density at radius 1 is 1.24 bits per heavy atom. The Morgan fingerprint density at radius 2 is 2.00 bits per heavy atom. The molecular weight excluding hydrogens is 406 g/mol. The Hall–Kier alpha value is -1.05. The van der Waals surface area contributed by atoms with Crippen molar-refractivity contribution in [1.29, 1.82) is 0 Å². The molecule has 29 heavy (non-hydrogen) atoms. The Labute approximate surface area is 177 Å². The number of rotatable bonds is 4. The van der Waals surface area contributed by atoms with Crippen LogP contribution in [-0.4, -0.2) is 48.0 Å². The third-order valence-electron chi connectivity index (χ3n) is 8.28. The number of hydrogen-bond donors (Lipinski definition) is 0. The summed E-state index contributed by atoms with van der Waals surface area (Å²) in [5, 5.41) is 0. The summed E-state index contributed by atoms with van der Waals surface area (Å²) in [7, 11) is -3.57. The maximum Gasteiger partial charge on any atom is 0.242 e. The quantitative estimate of drug-likeness (QED) is 0.726. The number of hydrogen-bond acceptors (Lipinski definition) is 5. The first-order chi connectivity index (χ1) is 13.8. The summed E-state index contributed by atoms with van der Waals surface area (Å²) >= 11 is 1.68. The molecule has 1 aromatic carbocycles. The van der Waals surface area contributed by atoms with Crippen molar-refractivity contribution in [3.63, 3.8) is 0 Å². The van der Waals surface area contributed by atoms with E-state index < -0.39 is 10.0 Å². The predicted molar refractivity (Wildman–Crippen MR) is 114 cm³/mol. The van der Waals surface area contributed by atoms with Crippen LogP contribution in [0.1, 0.15) is 38.7 Å². The van der Waals surface area contributed by atoms with Crippen molar-refractivity contribution in [3.8, 4) is 0 Å². The zero-order valence-corrected chi connectivity index (χ0v) is 18.7. The molecule has 2 saturated carbocycles. The molecule has 0 radical (unpaired) electrons. The van der Waals surface area contributed by atoms with Crippen molar-refractivity contribution in [2.75, 3.05) is 17.3 Å². The first-order valence-electron chi connectivity index (χ1n) is 10.6. The maximum absolute atomic E-state index is 13.6. The fourth-order valence-electron chi connectivity index (χ4n) is 6.45. The Bertz CT molecular complexity index is 916. The van der Waals surface area contributed by atoms with Crippen LogP contribution in [0.25, 0.3) is 0 Å². The average molecular weight is 436 g/mol. The summed E-state index contributed by atoms with van der Waals surface area (Å²) < 4.78 is 33.8. The standard InChI is InChI=1S/C22H29NO4S2/c1-21(2)16-8-9-22(21)14-29(25,26)23(19(22)10-16)20(24)17-12-28-13-18(17)27-11-15-6-4-3-5-7-15/h3-7,16-19H,8-14H2,1-2H3/t16-,17+,18+,19-,22-/m1/s1. The van der Waals surface area contributed by atoms with E-state index in [1.54, 1.807) is 11.8 Å². The molecule has 5 atom stereocenters. The second kappa shape index (κ2) is 6.72. The molecule has 2 aliphatic carbocycles. The smallest absolute Gasteiger partial charge is 0.242 e. The second-order valence-corrected chi connectivity index (χ2v) is 12.7. The van der Waals surface area contributed by atoms with Crippen molar-refractivity contribution in [2.24, 2.45) is 22.7 Å². The zero-order chi connectivity index (χ0) is 20.4. The molecule has 7 heteroatoms. The van der Waals surface area contributed by atoms with Crippen LogP contribution in [0, 0.1) is 22.7 Å². The van der Waals surface area contributed by atoms with E-state index in [2.05, 4.69) is 13.8 Å². The van der Waals surface area contributed by atoms with Gasteiger partial charge < -0.3 is 4.74 Å². The largest absolute Gasteiger partial charge is 0.372 e. The highest BCUT2D eigenvalue weighted by atomic mass is 32.2. The van der Waals surface area contributed by atoms with Crippen LogP contribution in [-0.2, 0) is 26.2 Å². The Kier molecular flexibility index (Phi) is 4.61. The van der Waals surface area contributed by atoms with Gasteiger partial charge in [-0.15, -0.1) is 0 Å². The van der Waals surface area contributed by atoms with Crippen molar-refractivity contribution in [3.05, 3.63) is 35.9 Å². The van der Waals surface area contributed by atoms with E-state index in [-0.39, 0.29) is 40.6 Å². The van der Waals surface area contributed by atoms with Gasteiger partial charge in [0.15, 0.2) is 0 Å². The SMILES string of the molecule is CC1(C)[C@@H]2CC[C@]13CS(=O)(=O)N(C(=O)[C@H]1CSC[C@@H]1OCc1ccccc1)[C@@H]3C2. The Morgan fingerprint density at radius 3 is 2.72 bits per heavy atom. The molecule has 2 bridgehead atoms. The molecule has 2 saturated heterocycles. The highest BCUT2D eigenvalue weighted by Crippen LogP contribution is 2.70. The molecular formula is C22H29NO4S2. The molecule has 2 heterocycles. The molecule has 1 amide bonds. The van der Waals surface area contributed by atoms with Crippen LogP contribution in [0.2, 0.25) is 0 Å². The number of carbonyl (C=O) groups is 1. The molecule has 0 N–H and O–H groups in total. The van der Waals surface area contributed by atoms with Gasteiger partial charge in [0.25, 0.3) is 0 Å². The van der Waals surface area contributed by atoms with E-state index in [1.807, 2.05) is 30.3 Å². The lowest BCUT2D eigenvalue weighted by Crippen LogP contribution is -2.48. The molecule has 5 rings (SSSR count).